The Balaban J connectivity index is 1.32. The van der Waals surface area contributed by atoms with E-state index in [0.29, 0.717) is 43.9 Å². The number of ether oxygens (including phenoxy) is 1. The van der Waals surface area contributed by atoms with Gasteiger partial charge in [0, 0.05) is 66.8 Å². The summed E-state index contributed by atoms with van der Waals surface area (Å²) in [5.74, 6) is 0.705. The molecule has 3 aromatic rings. The van der Waals surface area contributed by atoms with Crippen molar-refractivity contribution in [3.63, 3.8) is 0 Å². The van der Waals surface area contributed by atoms with E-state index in [4.69, 9.17) is 4.74 Å². The van der Waals surface area contributed by atoms with Gasteiger partial charge in [-0.3, -0.25) is 9.79 Å². The number of nitrogens with one attached hydrogen (secondary N) is 1. The van der Waals surface area contributed by atoms with E-state index >= 15 is 0 Å². The molecule has 43 heavy (non-hydrogen) atoms. The molecule has 3 heterocycles. The number of hydrogen-bond acceptors (Lipinski definition) is 7. The van der Waals surface area contributed by atoms with Crippen LogP contribution in [0.15, 0.2) is 65.6 Å². The third-order valence-corrected chi connectivity index (χ3v) is 9.20. The monoisotopic (exact) mass is 600 g/mol. The van der Waals surface area contributed by atoms with Crippen molar-refractivity contribution in [2.75, 3.05) is 37.8 Å². The minimum Gasteiger partial charge on any atom is -0.497 e. The molecule has 1 atom stereocenters. The normalized spacial score (nSPS) is 17.6. The summed E-state index contributed by atoms with van der Waals surface area (Å²) in [6, 6.07) is 15.0. The molecule has 0 radical (unpaired) electrons. The number of nitriles is 1. The lowest BCUT2D eigenvalue weighted by Crippen LogP contribution is -2.28. The van der Waals surface area contributed by atoms with E-state index < -0.39 is 15.4 Å². The van der Waals surface area contributed by atoms with Gasteiger partial charge in [0.2, 0.25) is 10.0 Å². The van der Waals surface area contributed by atoms with Crippen molar-refractivity contribution in [2.24, 2.45) is 10.9 Å². The zero-order valence-corrected chi connectivity index (χ0v) is 25.7. The maximum absolute atomic E-state index is 13.1. The highest BCUT2D eigenvalue weighted by Gasteiger charge is 2.29. The Bertz CT molecular complexity index is 1750. The molecule has 1 amide bonds. The van der Waals surface area contributed by atoms with Crippen LogP contribution in [-0.2, 0) is 20.2 Å². The van der Waals surface area contributed by atoms with Crippen molar-refractivity contribution < 1.29 is 17.9 Å². The summed E-state index contributed by atoms with van der Waals surface area (Å²) >= 11 is 0. The molecule has 0 spiro atoms. The van der Waals surface area contributed by atoms with Crippen molar-refractivity contribution in [3.8, 4) is 11.8 Å². The van der Waals surface area contributed by atoms with Crippen LogP contribution in [0.3, 0.4) is 0 Å². The second-order valence-electron chi connectivity index (χ2n) is 11.7. The van der Waals surface area contributed by atoms with Crippen LogP contribution in [0.1, 0.15) is 53.7 Å². The first kappa shape index (κ1) is 30.2. The first-order chi connectivity index (χ1) is 20.4. The SMILES string of the molecule is Cc1ccc(NC(=O)c2cccc(C(C)(C)C#N)c2)cc1-n1cc(C2=C(OCC3CCN(S(C)(=O)=O)C3)CCN=C2)cn1. The van der Waals surface area contributed by atoms with Crippen LogP contribution in [0, 0.1) is 24.2 Å². The topological polar surface area (TPSA) is 130 Å². The molecule has 224 valence electrons. The summed E-state index contributed by atoms with van der Waals surface area (Å²) < 4.78 is 33.3. The molecule has 1 N–H and O–H groups in total. The van der Waals surface area contributed by atoms with Crippen molar-refractivity contribution >= 4 is 33.4 Å². The van der Waals surface area contributed by atoms with Crippen LogP contribution >= 0.6 is 0 Å². The molecule has 10 nitrogen and oxygen atoms in total. The van der Waals surface area contributed by atoms with Gasteiger partial charge in [-0.2, -0.15) is 10.4 Å². The summed E-state index contributed by atoms with van der Waals surface area (Å²) in [7, 11) is -3.19. The Morgan fingerprint density at radius 2 is 2.05 bits per heavy atom. The maximum atomic E-state index is 13.1. The Morgan fingerprint density at radius 1 is 1.23 bits per heavy atom. The summed E-state index contributed by atoms with van der Waals surface area (Å²) in [4.78, 5) is 17.6. The molecule has 1 unspecified atom stereocenters. The van der Waals surface area contributed by atoms with Crippen LogP contribution in [0.5, 0.6) is 0 Å². The zero-order valence-electron chi connectivity index (χ0n) is 24.9. The van der Waals surface area contributed by atoms with Gasteiger partial charge in [-0.25, -0.2) is 17.4 Å². The molecule has 0 saturated carbocycles. The molecule has 5 rings (SSSR count). The maximum Gasteiger partial charge on any atom is 0.255 e. The van der Waals surface area contributed by atoms with Crippen LogP contribution in [0.4, 0.5) is 5.69 Å². The van der Waals surface area contributed by atoms with Gasteiger partial charge in [-0.05, 0) is 62.6 Å². The Labute approximate surface area is 252 Å². The molecule has 1 aromatic heterocycles. The molecule has 1 fully saturated rings. The quantitative estimate of drug-likeness (QED) is 0.378. The van der Waals surface area contributed by atoms with Crippen molar-refractivity contribution in [3.05, 3.63) is 82.9 Å². The summed E-state index contributed by atoms with van der Waals surface area (Å²) in [6.45, 7) is 7.70. The smallest absolute Gasteiger partial charge is 0.255 e. The third kappa shape index (κ3) is 6.87. The number of carbonyl (C=O) groups is 1. The fourth-order valence-electron chi connectivity index (χ4n) is 5.21. The lowest BCUT2D eigenvalue weighted by molar-refractivity contribution is 0.102. The van der Waals surface area contributed by atoms with E-state index in [1.165, 1.54) is 10.6 Å². The summed E-state index contributed by atoms with van der Waals surface area (Å²) in [5.41, 5.74) is 4.67. The van der Waals surface area contributed by atoms with Crippen LogP contribution in [0.2, 0.25) is 0 Å². The molecular weight excluding hydrogens is 564 g/mol. The van der Waals surface area contributed by atoms with E-state index in [-0.39, 0.29) is 11.8 Å². The van der Waals surface area contributed by atoms with E-state index in [2.05, 4.69) is 21.5 Å². The molecule has 1 saturated heterocycles. The lowest BCUT2D eigenvalue weighted by Gasteiger charge is -2.19. The lowest BCUT2D eigenvalue weighted by atomic mass is 9.85. The molecule has 0 bridgehead atoms. The Kier molecular flexibility index (Phi) is 8.53. The average molecular weight is 601 g/mol. The van der Waals surface area contributed by atoms with Gasteiger partial charge in [0.25, 0.3) is 5.91 Å². The van der Waals surface area contributed by atoms with Gasteiger partial charge < -0.3 is 10.1 Å². The van der Waals surface area contributed by atoms with Crippen molar-refractivity contribution in [1.82, 2.24) is 14.1 Å². The second-order valence-corrected chi connectivity index (χ2v) is 13.6. The van der Waals surface area contributed by atoms with Crippen LogP contribution in [0.25, 0.3) is 11.3 Å². The minimum absolute atomic E-state index is 0.144. The number of benzene rings is 2. The fraction of sp³-hybridized carbons (Fsp3) is 0.375. The van der Waals surface area contributed by atoms with E-state index in [1.54, 1.807) is 29.1 Å². The van der Waals surface area contributed by atoms with Gasteiger partial charge in [0.1, 0.15) is 5.76 Å². The van der Waals surface area contributed by atoms with Crippen molar-refractivity contribution in [1.29, 1.82) is 5.26 Å². The Hall–Kier alpha value is -4.27. The highest BCUT2D eigenvalue weighted by molar-refractivity contribution is 7.88. The number of rotatable bonds is 9. The molecular formula is C32H36N6O4S. The van der Waals surface area contributed by atoms with Gasteiger partial charge >= 0.3 is 0 Å². The minimum atomic E-state index is -3.19. The first-order valence-corrected chi connectivity index (χ1v) is 16.1. The van der Waals surface area contributed by atoms with Gasteiger partial charge in [0.05, 0.1) is 36.2 Å². The number of sulfonamides is 1. The number of aromatic nitrogens is 2. The van der Waals surface area contributed by atoms with Crippen molar-refractivity contribution in [2.45, 2.75) is 39.0 Å². The van der Waals surface area contributed by atoms with E-state index in [1.807, 2.05) is 57.4 Å². The molecule has 11 heteroatoms. The number of aliphatic imine (C=N–C) groups is 1. The standard InChI is InChI=1S/C32H36N6O4S/c1-22-8-9-27(36-31(39)24-6-5-7-26(14-24)32(2,3)21-33)15-29(22)38-19-25(16-35-38)28-17-34-12-10-30(28)42-20-23-11-13-37(18-23)43(4,40)41/h5-9,14-17,19,23H,10-13,18,20H2,1-4H3,(H,36,39). The van der Waals surface area contributed by atoms with E-state index in [0.717, 1.165) is 40.1 Å². The number of amides is 1. The summed E-state index contributed by atoms with van der Waals surface area (Å²) in [6.07, 6.45) is 8.17. The highest BCUT2D eigenvalue weighted by Crippen LogP contribution is 2.28. The average Bonchev–Trinajstić information content (AvgIpc) is 3.68. The first-order valence-electron chi connectivity index (χ1n) is 14.2. The fourth-order valence-corrected chi connectivity index (χ4v) is 6.13. The third-order valence-electron chi connectivity index (χ3n) is 7.93. The Morgan fingerprint density at radius 3 is 2.79 bits per heavy atom. The molecule has 2 aliphatic rings. The van der Waals surface area contributed by atoms with Gasteiger partial charge in [-0.15, -0.1) is 0 Å². The predicted molar refractivity (Wildman–Crippen MR) is 167 cm³/mol. The highest BCUT2D eigenvalue weighted by atomic mass is 32.2. The number of anilines is 1. The molecule has 2 aromatic carbocycles. The largest absolute Gasteiger partial charge is 0.497 e. The number of hydrogen-bond donors (Lipinski definition) is 1. The van der Waals surface area contributed by atoms with Gasteiger partial charge in [0.15, 0.2) is 0 Å². The summed E-state index contributed by atoms with van der Waals surface area (Å²) in [5, 5.41) is 17.1. The number of carbonyl (C=O) groups excluding carboxylic acids is 1. The predicted octanol–water partition coefficient (Wildman–Crippen LogP) is 4.72. The number of dihydropyridines is 1. The van der Waals surface area contributed by atoms with Gasteiger partial charge in [-0.1, -0.05) is 18.2 Å². The number of nitrogens with zero attached hydrogens (tertiary/aromatic N) is 5. The van der Waals surface area contributed by atoms with Crippen LogP contribution in [-0.4, -0.2) is 67.1 Å². The molecule has 0 aliphatic carbocycles. The zero-order chi connectivity index (χ0) is 30.8. The second kappa shape index (κ2) is 12.1. The van der Waals surface area contributed by atoms with Crippen LogP contribution < -0.4 is 5.32 Å². The number of allylic oxidation sites excluding steroid dienone is 1. The molecule has 2 aliphatic heterocycles. The number of aryl methyl sites for hydroxylation is 1. The van der Waals surface area contributed by atoms with E-state index in [9.17, 15) is 18.5 Å².